The smallest absolute Gasteiger partial charge is 0.238 e. The van der Waals surface area contributed by atoms with Gasteiger partial charge in [-0.1, -0.05) is 0 Å². The molecule has 0 aromatic carbocycles. The van der Waals surface area contributed by atoms with E-state index in [1.807, 2.05) is 0 Å². The van der Waals surface area contributed by atoms with Crippen molar-refractivity contribution < 1.29 is 8.42 Å². The number of amidine groups is 1. The number of H-pyrrole nitrogens is 1. The molecule has 7 nitrogen and oxygen atoms in total. The number of sulfonamides is 1. The molecular formula is C8H15N5O2S. The van der Waals surface area contributed by atoms with Crippen LogP contribution in [0, 0.1) is 5.41 Å². The topological polar surface area (TPSA) is 125 Å². The molecule has 16 heavy (non-hydrogen) atoms. The second-order valence-corrected chi connectivity index (χ2v) is 6.73. The normalized spacial score (nSPS) is 12.4. The standard InChI is InChI=1S/C8H15N5O2S/c1-8(2,3)16(14,15)13-7-5(6(9)10)4-11-12-7/h4H,1-3H3,(H3,9,10)(H2,11,12,13). The minimum Gasteiger partial charge on any atom is -0.384 e. The van der Waals surface area contributed by atoms with Crippen molar-refractivity contribution in [3.05, 3.63) is 11.8 Å². The molecule has 90 valence electrons. The molecule has 0 aliphatic rings. The van der Waals surface area contributed by atoms with Crippen molar-refractivity contribution >= 4 is 21.7 Å². The molecule has 0 saturated carbocycles. The zero-order valence-corrected chi connectivity index (χ0v) is 10.1. The Balaban J connectivity index is 3.07. The van der Waals surface area contributed by atoms with Crippen molar-refractivity contribution in [3.8, 4) is 0 Å². The lowest BCUT2D eigenvalue weighted by atomic mass is 10.3. The minimum atomic E-state index is -3.55. The maximum Gasteiger partial charge on any atom is 0.238 e. The van der Waals surface area contributed by atoms with Gasteiger partial charge in [0, 0.05) is 0 Å². The molecule has 0 bridgehead atoms. The maximum absolute atomic E-state index is 11.8. The molecule has 0 amide bonds. The van der Waals surface area contributed by atoms with E-state index in [4.69, 9.17) is 11.1 Å². The van der Waals surface area contributed by atoms with E-state index in [0.29, 0.717) is 0 Å². The summed E-state index contributed by atoms with van der Waals surface area (Å²) in [7, 11) is -3.55. The Morgan fingerprint density at radius 1 is 1.56 bits per heavy atom. The van der Waals surface area contributed by atoms with Gasteiger partial charge in [-0.2, -0.15) is 5.10 Å². The molecule has 5 N–H and O–H groups in total. The lowest BCUT2D eigenvalue weighted by Gasteiger charge is -2.19. The molecule has 0 fully saturated rings. The monoisotopic (exact) mass is 245 g/mol. The van der Waals surface area contributed by atoms with Crippen molar-refractivity contribution in [2.45, 2.75) is 25.5 Å². The fraction of sp³-hybridized carbons (Fsp3) is 0.500. The van der Waals surface area contributed by atoms with Crippen LogP contribution >= 0.6 is 0 Å². The van der Waals surface area contributed by atoms with Gasteiger partial charge in [-0.15, -0.1) is 0 Å². The van der Waals surface area contributed by atoms with Gasteiger partial charge in [0.15, 0.2) is 0 Å². The zero-order chi connectivity index (χ0) is 12.6. The highest BCUT2D eigenvalue weighted by atomic mass is 32.2. The highest BCUT2D eigenvalue weighted by molar-refractivity contribution is 7.94. The quantitative estimate of drug-likeness (QED) is 0.449. The van der Waals surface area contributed by atoms with Crippen LogP contribution in [-0.4, -0.2) is 29.2 Å². The van der Waals surface area contributed by atoms with Gasteiger partial charge in [0.2, 0.25) is 10.0 Å². The maximum atomic E-state index is 11.8. The summed E-state index contributed by atoms with van der Waals surface area (Å²) in [5.74, 6) is -0.136. The number of nitrogens with zero attached hydrogens (tertiary/aromatic N) is 1. The van der Waals surface area contributed by atoms with Crippen LogP contribution in [0.5, 0.6) is 0 Å². The summed E-state index contributed by atoms with van der Waals surface area (Å²) in [6.45, 7) is 4.71. The first-order valence-electron chi connectivity index (χ1n) is 4.55. The zero-order valence-electron chi connectivity index (χ0n) is 9.33. The third-order valence-electron chi connectivity index (χ3n) is 1.97. The summed E-state index contributed by atoms with van der Waals surface area (Å²) >= 11 is 0. The minimum absolute atomic E-state index is 0.113. The second kappa shape index (κ2) is 3.78. The van der Waals surface area contributed by atoms with Gasteiger partial charge < -0.3 is 5.73 Å². The van der Waals surface area contributed by atoms with Crippen LogP contribution in [-0.2, 0) is 10.0 Å². The van der Waals surface area contributed by atoms with Crippen LogP contribution in [0.15, 0.2) is 6.20 Å². The van der Waals surface area contributed by atoms with Gasteiger partial charge in [-0.3, -0.25) is 15.2 Å². The van der Waals surface area contributed by atoms with Crippen molar-refractivity contribution in [1.82, 2.24) is 10.2 Å². The number of rotatable bonds is 3. The molecule has 1 aromatic rings. The predicted molar refractivity (Wildman–Crippen MR) is 61.9 cm³/mol. The first-order valence-corrected chi connectivity index (χ1v) is 6.03. The van der Waals surface area contributed by atoms with Crippen LogP contribution in [0.2, 0.25) is 0 Å². The van der Waals surface area contributed by atoms with Crippen molar-refractivity contribution in [2.24, 2.45) is 5.73 Å². The van der Waals surface area contributed by atoms with E-state index in [1.54, 1.807) is 20.8 Å². The SMILES string of the molecule is CC(C)(C)S(=O)(=O)Nc1[nH]ncc1C(=N)N. The third kappa shape index (κ3) is 2.32. The highest BCUT2D eigenvalue weighted by Crippen LogP contribution is 2.20. The summed E-state index contributed by atoms with van der Waals surface area (Å²) < 4.78 is 25.0. The van der Waals surface area contributed by atoms with Gasteiger partial charge in [-0.05, 0) is 20.8 Å². The van der Waals surface area contributed by atoms with E-state index in [9.17, 15) is 8.42 Å². The molecule has 0 atom stereocenters. The number of hydrogen-bond acceptors (Lipinski definition) is 4. The number of nitrogens with one attached hydrogen (secondary N) is 3. The van der Waals surface area contributed by atoms with Gasteiger partial charge in [0.1, 0.15) is 11.7 Å². The number of hydrogen-bond donors (Lipinski definition) is 4. The van der Waals surface area contributed by atoms with Crippen LogP contribution in [0.25, 0.3) is 0 Å². The third-order valence-corrected chi connectivity index (χ3v) is 4.06. The molecule has 0 saturated heterocycles. The molecule has 0 radical (unpaired) electrons. The summed E-state index contributed by atoms with van der Waals surface area (Å²) in [6, 6.07) is 0. The van der Waals surface area contributed by atoms with Gasteiger partial charge in [0.05, 0.1) is 16.5 Å². The number of anilines is 1. The summed E-state index contributed by atoms with van der Waals surface area (Å²) in [6.07, 6.45) is 1.29. The summed E-state index contributed by atoms with van der Waals surface area (Å²) in [5, 5.41) is 13.3. The molecule has 0 aliphatic heterocycles. The van der Waals surface area contributed by atoms with Gasteiger partial charge >= 0.3 is 0 Å². The summed E-state index contributed by atoms with van der Waals surface area (Å²) in [5.41, 5.74) is 5.50. The van der Waals surface area contributed by atoms with Crippen LogP contribution in [0.4, 0.5) is 5.82 Å². The Morgan fingerprint density at radius 3 is 2.56 bits per heavy atom. The van der Waals surface area contributed by atoms with E-state index in [-0.39, 0.29) is 17.2 Å². The molecular weight excluding hydrogens is 230 g/mol. The molecule has 0 unspecified atom stereocenters. The van der Waals surface area contributed by atoms with Crippen molar-refractivity contribution in [1.29, 1.82) is 5.41 Å². The Bertz CT molecular complexity index is 497. The molecule has 1 heterocycles. The van der Waals surface area contributed by atoms with Gasteiger partial charge in [0.25, 0.3) is 0 Å². The van der Waals surface area contributed by atoms with E-state index in [0.717, 1.165) is 0 Å². The Morgan fingerprint density at radius 2 is 2.12 bits per heavy atom. The average Bonchev–Trinajstić information content (AvgIpc) is 2.49. The van der Waals surface area contributed by atoms with Crippen LogP contribution < -0.4 is 10.5 Å². The molecule has 1 rings (SSSR count). The van der Waals surface area contributed by atoms with Crippen molar-refractivity contribution in [3.63, 3.8) is 0 Å². The number of aromatic nitrogens is 2. The number of nitrogens with two attached hydrogens (primary N) is 1. The Kier molecular flexibility index (Phi) is 2.95. The first kappa shape index (κ1) is 12.5. The molecule has 8 heteroatoms. The Labute approximate surface area is 94.0 Å². The summed E-state index contributed by atoms with van der Waals surface area (Å²) in [4.78, 5) is 0. The fourth-order valence-electron chi connectivity index (χ4n) is 0.856. The van der Waals surface area contributed by atoms with Crippen molar-refractivity contribution in [2.75, 3.05) is 4.72 Å². The molecule has 0 spiro atoms. The lowest BCUT2D eigenvalue weighted by Crippen LogP contribution is -2.34. The predicted octanol–water partition coefficient (Wildman–Crippen LogP) is 0.234. The number of nitrogen functional groups attached to an aromatic ring is 1. The fourth-order valence-corrected chi connectivity index (χ4v) is 1.59. The van der Waals surface area contributed by atoms with E-state index < -0.39 is 14.8 Å². The van der Waals surface area contributed by atoms with E-state index in [2.05, 4.69) is 14.9 Å². The molecule has 0 aliphatic carbocycles. The van der Waals surface area contributed by atoms with Crippen LogP contribution in [0.3, 0.4) is 0 Å². The second-order valence-electron chi connectivity index (χ2n) is 4.29. The van der Waals surface area contributed by atoms with Gasteiger partial charge in [-0.25, -0.2) is 8.42 Å². The van der Waals surface area contributed by atoms with E-state index in [1.165, 1.54) is 6.20 Å². The highest BCUT2D eigenvalue weighted by Gasteiger charge is 2.30. The van der Waals surface area contributed by atoms with E-state index >= 15 is 0 Å². The number of aromatic amines is 1. The van der Waals surface area contributed by atoms with Crippen LogP contribution in [0.1, 0.15) is 26.3 Å². The average molecular weight is 245 g/mol. The lowest BCUT2D eigenvalue weighted by molar-refractivity contribution is 0.566. The molecule has 1 aromatic heterocycles. The Hall–Kier alpha value is -1.57. The largest absolute Gasteiger partial charge is 0.384 e. The first-order chi connectivity index (χ1) is 7.15.